The second-order valence-corrected chi connectivity index (χ2v) is 10.3. The van der Waals surface area contributed by atoms with Crippen LogP contribution in [0.3, 0.4) is 0 Å². The summed E-state index contributed by atoms with van der Waals surface area (Å²) >= 11 is 0. The van der Waals surface area contributed by atoms with Gasteiger partial charge in [0.15, 0.2) is 5.60 Å². The molecule has 2 bridgehead atoms. The monoisotopic (exact) mass is 504 g/mol. The molecule has 4 fully saturated rings. The van der Waals surface area contributed by atoms with Crippen LogP contribution in [0.15, 0.2) is 48.8 Å². The summed E-state index contributed by atoms with van der Waals surface area (Å²) in [5.74, 6) is -5.24. The van der Waals surface area contributed by atoms with E-state index in [1.54, 1.807) is 0 Å². The molecule has 1 aromatic heterocycles. The van der Waals surface area contributed by atoms with E-state index in [9.17, 15) is 13.9 Å². The molecule has 3 saturated carbocycles. The Labute approximate surface area is 204 Å². The summed E-state index contributed by atoms with van der Waals surface area (Å²) in [4.78, 5) is 0. The molecule has 7 nitrogen and oxygen atoms in total. The Kier molecular flexibility index (Phi) is 5.17. The first kappa shape index (κ1) is 23.4. The van der Waals surface area contributed by atoms with Gasteiger partial charge in [0.25, 0.3) is 5.92 Å². The van der Waals surface area contributed by atoms with Crippen molar-refractivity contribution in [3.05, 3.63) is 71.6 Å². The molecule has 36 heavy (non-hydrogen) atoms. The molecule has 3 aliphatic carbocycles. The molecule has 1 N–H and O–H groups in total. The van der Waals surface area contributed by atoms with Crippen LogP contribution in [0.1, 0.15) is 36.8 Å². The Hall–Kier alpha value is -3.05. The lowest BCUT2D eigenvalue weighted by Gasteiger charge is -2.74. The highest BCUT2D eigenvalue weighted by atomic mass is 19.3. The van der Waals surface area contributed by atoms with Gasteiger partial charge in [-0.05, 0) is 64.9 Å². The normalized spacial score (nSPS) is 28.8. The van der Waals surface area contributed by atoms with Gasteiger partial charge >= 0.3 is 0 Å². The maximum absolute atomic E-state index is 16.3. The molecule has 2 heterocycles. The zero-order chi connectivity index (χ0) is 25.2. The van der Waals surface area contributed by atoms with Gasteiger partial charge in [0, 0.05) is 23.5 Å². The average molecular weight is 504 g/mol. The molecule has 0 amide bonds. The molecule has 11 heteroatoms. The van der Waals surface area contributed by atoms with Crippen molar-refractivity contribution >= 4 is 0 Å². The number of tetrazole rings is 1. The fourth-order valence-corrected chi connectivity index (χ4v) is 6.22. The van der Waals surface area contributed by atoms with Crippen LogP contribution in [0.2, 0.25) is 0 Å². The van der Waals surface area contributed by atoms with E-state index in [0.717, 1.165) is 35.1 Å². The Morgan fingerprint density at radius 3 is 2.47 bits per heavy atom. The van der Waals surface area contributed by atoms with Crippen molar-refractivity contribution in [3.8, 4) is 5.75 Å². The van der Waals surface area contributed by atoms with E-state index in [1.165, 1.54) is 0 Å². The van der Waals surface area contributed by atoms with Crippen LogP contribution in [0.25, 0.3) is 0 Å². The highest BCUT2D eigenvalue weighted by Gasteiger charge is 2.82. The van der Waals surface area contributed by atoms with E-state index in [0.29, 0.717) is 25.0 Å². The van der Waals surface area contributed by atoms with Crippen molar-refractivity contribution in [3.63, 3.8) is 0 Å². The molecule has 190 valence electrons. The molecule has 3 aromatic rings. The fourth-order valence-electron chi connectivity index (χ4n) is 6.22. The van der Waals surface area contributed by atoms with Gasteiger partial charge < -0.3 is 14.6 Å². The predicted molar refractivity (Wildman–Crippen MR) is 117 cm³/mol. The van der Waals surface area contributed by atoms with Crippen molar-refractivity contribution in [1.29, 1.82) is 0 Å². The van der Waals surface area contributed by atoms with Crippen LogP contribution < -0.4 is 4.74 Å². The highest BCUT2D eigenvalue weighted by Crippen LogP contribution is 2.80. The Morgan fingerprint density at radius 1 is 1.11 bits per heavy atom. The lowest BCUT2D eigenvalue weighted by molar-refractivity contribution is -0.347. The van der Waals surface area contributed by atoms with Gasteiger partial charge in [-0.25, -0.2) is 22.2 Å². The van der Waals surface area contributed by atoms with Gasteiger partial charge in [-0.1, -0.05) is 12.1 Å². The fraction of sp³-hybridized carbons (Fsp3) is 0.480. The van der Waals surface area contributed by atoms with E-state index < -0.39 is 46.1 Å². The number of aliphatic hydroxyl groups is 1. The Balaban J connectivity index is 1.25. The van der Waals surface area contributed by atoms with E-state index in [-0.39, 0.29) is 25.4 Å². The molecular formula is C25H24F4N4O3. The van der Waals surface area contributed by atoms with Crippen molar-refractivity contribution < 1.29 is 32.1 Å². The van der Waals surface area contributed by atoms with Crippen LogP contribution in [0, 0.1) is 17.0 Å². The molecule has 1 saturated heterocycles. The Morgan fingerprint density at radius 2 is 1.86 bits per heavy atom. The summed E-state index contributed by atoms with van der Waals surface area (Å²) in [6, 6.07) is 9.64. The van der Waals surface area contributed by atoms with Gasteiger partial charge in [-0.15, -0.1) is 5.10 Å². The first-order valence-corrected chi connectivity index (χ1v) is 11.8. The number of ether oxygens (including phenoxy) is 2. The predicted octanol–water partition coefficient (Wildman–Crippen LogP) is 3.76. The molecule has 4 aliphatic rings. The second-order valence-electron chi connectivity index (χ2n) is 10.3. The van der Waals surface area contributed by atoms with Crippen LogP contribution in [-0.4, -0.2) is 50.6 Å². The first-order valence-electron chi connectivity index (χ1n) is 11.8. The van der Waals surface area contributed by atoms with Crippen LogP contribution in [0.4, 0.5) is 17.6 Å². The third-order valence-corrected chi connectivity index (χ3v) is 8.03. The van der Waals surface area contributed by atoms with Gasteiger partial charge in [0.1, 0.15) is 29.8 Å². The zero-order valence-electron chi connectivity index (χ0n) is 19.2. The molecule has 1 unspecified atom stereocenters. The number of rotatable bonds is 8. The third kappa shape index (κ3) is 3.36. The average Bonchev–Trinajstić information content (AvgIpc) is 3.47. The van der Waals surface area contributed by atoms with E-state index in [4.69, 9.17) is 9.47 Å². The minimum atomic E-state index is -3.75. The highest BCUT2D eigenvalue weighted by molar-refractivity contribution is 5.44. The van der Waals surface area contributed by atoms with E-state index in [1.807, 2.05) is 24.3 Å². The maximum atomic E-state index is 16.3. The molecule has 0 spiro atoms. The summed E-state index contributed by atoms with van der Waals surface area (Å²) < 4.78 is 72.9. The molecule has 2 atom stereocenters. The van der Waals surface area contributed by atoms with Crippen molar-refractivity contribution in [1.82, 2.24) is 20.2 Å². The van der Waals surface area contributed by atoms with Crippen molar-refractivity contribution in [2.45, 2.75) is 55.3 Å². The van der Waals surface area contributed by atoms with Gasteiger partial charge in [0.05, 0.1) is 19.8 Å². The van der Waals surface area contributed by atoms with Crippen LogP contribution >= 0.6 is 0 Å². The number of hydrogen-bond acceptors (Lipinski definition) is 6. The summed E-state index contributed by atoms with van der Waals surface area (Å²) in [7, 11) is 0. The lowest BCUT2D eigenvalue weighted by atomic mass is 9.30. The van der Waals surface area contributed by atoms with Gasteiger partial charge in [-0.2, -0.15) is 0 Å². The quantitative estimate of drug-likeness (QED) is 0.471. The summed E-state index contributed by atoms with van der Waals surface area (Å²) in [6.45, 7) is 0.427. The number of aromatic nitrogens is 4. The summed E-state index contributed by atoms with van der Waals surface area (Å²) in [5.41, 5.74) is -4.73. The molecule has 0 radical (unpaired) electrons. The van der Waals surface area contributed by atoms with Crippen LogP contribution in [0.5, 0.6) is 5.75 Å². The van der Waals surface area contributed by atoms with Crippen molar-refractivity contribution in [2.24, 2.45) is 5.41 Å². The molecule has 1 aliphatic heterocycles. The minimum Gasteiger partial charge on any atom is -0.488 e. The number of alkyl halides is 2. The number of hydrogen-bond donors (Lipinski definition) is 1. The SMILES string of the molecule is OC(Cn1cnnn1)(c1ccc(F)cc1F)C(F)(F)C12CC(c3ccc(O[C@@H]4CCOC4)cc3)(C1)C2. The smallest absolute Gasteiger partial charge is 0.287 e. The number of benzene rings is 2. The third-order valence-electron chi connectivity index (χ3n) is 8.03. The van der Waals surface area contributed by atoms with Gasteiger partial charge in [-0.3, -0.25) is 0 Å². The largest absolute Gasteiger partial charge is 0.488 e. The number of nitrogens with zero attached hydrogens (tertiary/aromatic N) is 4. The van der Waals surface area contributed by atoms with E-state index >= 15 is 8.78 Å². The summed E-state index contributed by atoms with van der Waals surface area (Å²) in [5, 5.41) is 21.9. The Bertz CT molecular complexity index is 1250. The standard InChI is InChI=1S/C25H24F4N4O3/c26-17-3-6-20(21(27)9-17)24(34,14-33-15-30-31-32-33)25(28,29)23-11-22(12-23,13-23)16-1-4-18(5-2-16)36-19-7-8-35-10-19/h1-6,9,15,19,34H,7-8,10-14H2/t19-,22?,23?,24?/m1/s1. The van der Waals surface area contributed by atoms with Crippen molar-refractivity contribution in [2.75, 3.05) is 13.2 Å². The minimum absolute atomic E-state index is 0.0116. The van der Waals surface area contributed by atoms with Crippen LogP contribution in [-0.2, 0) is 22.3 Å². The molecule has 7 rings (SSSR count). The maximum Gasteiger partial charge on any atom is 0.287 e. The summed E-state index contributed by atoms with van der Waals surface area (Å²) in [6.07, 6.45) is 2.29. The number of halogens is 4. The topological polar surface area (TPSA) is 82.3 Å². The molecular weight excluding hydrogens is 480 g/mol. The lowest BCUT2D eigenvalue weighted by Crippen LogP contribution is -2.76. The second kappa shape index (κ2) is 7.97. The zero-order valence-corrected chi connectivity index (χ0v) is 19.2. The first-order chi connectivity index (χ1) is 17.2. The van der Waals surface area contributed by atoms with E-state index in [2.05, 4.69) is 15.5 Å². The van der Waals surface area contributed by atoms with Gasteiger partial charge in [0.2, 0.25) is 0 Å². The molecule has 2 aromatic carbocycles.